The monoisotopic (exact) mass is 561 g/mol. The molecule has 0 aromatic heterocycles. The lowest BCUT2D eigenvalue weighted by molar-refractivity contribution is 0.962. The van der Waals surface area contributed by atoms with Crippen molar-refractivity contribution in [3.05, 3.63) is 181 Å². The maximum atomic E-state index is 2.52. The summed E-state index contributed by atoms with van der Waals surface area (Å²) in [4.78, 5) is 2.52. The van der Waals surface area contributed by atoms with Gasteiger partial charge in [-0.2, -0.15) is 0 Å². The van der Waals surface area contributed by atoms with Crippen molar-refractivity contribution >= 4 is 11.4 Å². The van der Waals surface area contributed by atoms with Crippen molar-refractivity contribution in [1.82, 2.24) is 0 Å². The fraction of sp³-hybridized carbons (Fsp3) is 0.0233. The van der Waals surface area contributed by atoms with Crippen molar-refractivity contribution < 1.29 is 0 Å². The van der Waals surface area contributed by atoms with Crippen LogP contribution in [0.3, 0.4) is 0 Å². The molecule has 0 radical (unpaired) electrons. The van der Waals surface area contributed by atoms with Crippen LogP contribution in [0.25, 0.3) is 55.6 Å². The lowest BCUT2D eigenvalue weighted by atomic mass is 9.84. The van der Waals surface area contributed by atoms with E-state index in [1.807, 2.05) is 0 Å². The highest BCUT2D eigenvalue weighted by molar-refractivity contribution is 6.00. The third kappa shape index (κ3) is 4.79. The molecule has 1 nitrogen and oxygen atoms in total. The number of fused-ring (bicyclic) bond motifs is 3. The molecule has 1 heterocycles. The van der Waals surface area contributed by atoms with Gasteiger partial charge in [0.1, 0.15) is 0 Å². The standard InChI is InChI=1S/C43H31N/c1-5-15-31(16-6-1)36-25-37(32-17-7-2-8-18-32)27-39(26-36)44-30-35-23-13-14-24-40(35)43-41(34-21-11-4-12-22-34)28-38(29-42(43)44)33-19-9-3-10-20-33/h1-29H,30H2. The van der Waals surface area contributed by atoms with E-state index in [0.29, 0.717) is 0 Å². The molecule has 1 aliphatic rings. The van der Waals surface area contributed by atoms with E-state index >= 15 is 0 Å². The smallest absolute Gasteiger partial charge is 0.0506 e. The number of rotatable bonds is 5. The summed E-state index contributed by atoms with van der Waals surface area (Å²) < 4.78 is 0. The molecule has 0 spiro atoms. The van der Waals surface area contributed by atoms with Crippen molar-refractivity contribution in [2.24, 2.45) is 0 Å². The Morgan fingerprint density at radius 2 is 0.795 bits per heavy atom. The van der Waals surface area contributed by atoms with Gasteiger partial charge in [0.15, 0.2) is 0 Å². The Labute approximate surface area is 259 Å². The van der Waals surface area contributed by atoms with Gasteiger partial charge in [-0.3, -0.25) is 0 Å². The maximum Gasteiger partial charge on any atom is 0.0506 e. The van der Waals surface area contributed by atoms with E-state index in [1.165, 1.54) is 72.6 Å². The molecule has 0 amide bonds. The summed E-state index contributed by atoms with van der Waals surface area (Å²) in [7, 11) is 0. The molecular formula is C43H31N. The van der Waals surface area contributed by atoms with Crippen molar-refractivity contribution in [3.8, 4) is 55.6 Å². The lowest BCUT2D eigenvalue weighted by Crippen LogP contribution is -2.22. The van der Waals surface area contributed by atoms with Gasteiger partial charge in [0.05, 0.1) is 5.69 Å². The predicted octanol–water partition coefficient (Wildman–Crippen LogP) is 11.7. The minimum absolute atomic E-state index is 0.794. The molecule has 0 saturated heterocycles. The normalized spacial score (nSPS) is 12.0. The molecule has 0 saturated carbocycles. The highest BCUT2D eigenvalue weighted by Crippen LogP contribution is 2.50. The molecule has 7 aromatic rings. The SMILES string of the molecule is c1ccc(-c2cc(-c3ccccc3)cc(N3Cc4ccccc4-c4c(-c5ccccc5)cc(-c5ccccc5)cc43)c2)cc1. The van der Waals surface area contributed by atoms with Gasteiger partial charge < -0.3 is 4.90 Å². The van der Waals surface area contributed by atoms with Gasteiger partial charge in [-0.15, -0.1) is 0 Å². The topological polar surface area (TPSA) is 3.24 Å². The second-order valence-corrected chi connectivity index (χ2v) is 11.4. The summed E-state index contributed by atoms with van der Waals surface area (Å²) in [6.07, 6.45) is 0. The second kappa shape index (κ2) is 11.2. The lowest BCUT2D eigenvalue weighted by Gasteiger charge is -2.35. The van der Waals surface area contributed by atoms with Crippen molar-refractivity contribution in [3.63, 3.8) is 0 Å². The minimum Gasteiger partial charge on any atom is -0.336 e. The van der Waals surface area contributed by atoms with Crippen LogP contribution >= 0.6 is 0 Å². The molecular weight excluding hydrogens is 530 g/mol. The molecule has 8 rings (SSSR count). The summed E-state index contributed by atoms with van der Waals surface area (Å²) in [5, 5.41) is 0. The van der Waals surface area contributed by atoms with E-state index in [1.54, 1.807) is 0 Å². The average Bonchev–Trinajstić information content (AvgIpc) is 3.12. The maximum absolute atomic E-state index is 2.52. The van der Waals surface area contributed by atoms with Crippen molar-refractivity contribution in [1.29, 1.82) is 0 Å². The first-order valence-electron chi connectivity index (χ1n) is 15.2. The van der Waals surface area contributed by atoms with Gasteiger partial charge in [0, 0.05) is 17.8 Å². The summed E-state index contributed by atoms with van der Waals surface area (Å²) in [6, 6.07) is 63.8. The first kappa shape index (κ1) is 26.0. The summed E-state index contributed by atoms with van der Waals surface area (Å²) in [5.41, 5.74) is 16.1. The molecule has 1 aliphatic heterocycles. The largest absolute Gasteiger partial charge is 0.336 e. The van der Waals surface area contributed by atoms with Crippen molar-refractivity contribution in [2.75, 3.05) is 4.90 Å². The van der Waals surface area contributed by atoms with E-state index in [2.05, 4.69) is 181 Å². The predicted molar refractivity (Wildman–Crippen MR) is 186 cm³/mol. The van der Waals surface area contributed by atoms with Crippen LogP contribution in [0.5, 0.6) is 0 Å². The number of benzene rings is 7. The molecule has 0 N–H and O–H groups in total. The number of nitrogens with zero attached hydrogens (tertiary/aromatic N) is 1. The third-order valence-corrected chi connectivity index (χ3v) is 8.66. The second-order valence-electron chi connectivity index (χ2n) is 11.4. The van der Waals surface area contributed by atoms with Gasteiger partial charge in [-0.25, -0.2) is 0 Å². The highest BCUT2D eigenvalue weighted by atomic mass is 15.1. The Hall–Kier alpha value is -5.66. The minimum atomic E-state index is 0.794. The molecule has 0 fully saturated rings. The summed E-state index contributed by atoms with van der Waals surface area (Å²) >= 11 is 0. The first-order chi connectivity index (χ1) is 21.8. The molecule has 0 unspecified atom stereocenters. The van der Waals surface area contributed by atoms with Crippen LogP contribution in [0.2, 0.25) is 0 Å². The zero-order valence-corrected chi connectivity index (χ0v) is 24.4. The van der Waals surface area contributed by atoms with Crippen LogP contribution in [0.1, 0.15) is 5.56 Å². The molecule has 7 aromatic carbocycles. The third-order valence-electron chi connectivity index (χ3n) is 8.66. The van der Waals surface area contributed by atoms with Gasteiger partial charge >= 0.3 is 0 Å². The Kier molecular flexibility index (Phi) is 6.62. The summed E-state index contributed by atoms with van der Waals surface area (Å²) in [5.74, 6) is 0. The van der Waals surface area contributed by atoms with Crippen molar-refractivity contribution in [2.45, 2.75) is 6.54 Å². The number of anilines is 2. The fourth-order valence-corrected chi connectivity index (χ4v) is 6.51. The van der Waals surface area contributed by atoms with E-state index in [0.717, 1.165) is 6.54 Å². The van der Waals surface area contributed by atoms with Crippen LogP contribution in [0.15, 0.2) is 176 Å². The van der Waals surface area contributed by atoms with E-state index in [-0.39, 0.29) is 0 Å². The Bertz CT molecular complexity index is 2010. The van der Waals surface area contributed by atoms with Gasteiger partial charge in [0.2, 0.25) is 0 Å². The van der Waals surface area contributed by atoms with Crippen LogP contribution < -0.4 is 4.90 Å². The Morgan fingerprint density at radius 1 is 0.341 bits per heavy atom. The Balaban J connectivity index is 1.42. The highest BCUT2D eigenvalue weighted by Gasteiger charge is 2.27. The molecule has 44 heavy (non-hydrogen) atoms. The Morgan fingerprint density at radius 3 is 1.34 bits per heavy atom. The van der Waals surface area contributed by atoms with Gasteiger partial charge in [0.25, 0.3) is 0 Å². The van der Waals surface area contributed by atoms with Crippen LogP contribution in [0.4, 0.5) is 11.4 Å². The average molecular weight is 562 g/mol. The van der Waals surface area contributed by atoms with E-state index in [9.17, 15) is 0 Å². The van der Waals surface area contributed by atoms with E-state index < -0.39 is 0 Å². The zero-order valence-electron chi connectivity index (χ0n) is 24.4. The van der Waals surface area contributed by atoms with Gasteiger partial charge in [-0.05, 0) is 86.0 Å². The van der Waals surface area contributed by atoms with E-state index in [4.69, 9.17) is 0 Å². The molecule has 0 bridgehead atoms. The quantitative estimate of drug-likeness (QED) is 0.202. The molecule has 0 atom stereocenters. The van der Waals surface area contributed by atoms with Crippen LogP contribution in [-0.4, -0.2) is 0 Å². The number of hydrogen-bond donors (Lipinski definition) is 0. The zero-order chi connectivity index (χ0) is 29.3. The number of hydrogen-bond acceptors (Lipinski definition) is 1. The first-order valence-corrected chi connectivity index (χ1v) is 15.2. The van der Waals surface area contributed by atoms with Gasteiger partial charge in [-0.1, -0.05) is 146 Å². The van der Waals surface area contributed by atoms with Crippen LogP contribution in [-0.2, 0) is 6.54 Å². The summed E-state index contributed by atoms with van der Waals surface area (Å²) in [6.45, 7) is 0.794. The molecule has 208 valence electrons. The molecule has 1 heteroatoms. The molecule has 0 aliphatic carbocycles. The fourth-order valence-electron chi connectivity index (χ4n) is 6.51. The van der Waals surface area contributed by atoms with Crippen LogP contribution in [0, 0.1) is 0 Å².